The summed E-state index contributed by atoms with van der Waals surface area (Å²) >= 11 is 0. The van der Waals surface area contributed by atoms with Gasteiger partial charge in [-0.25, -0.2) is 0 Å². The fraction of sp³-hybridized carbons (Fsp3) is 0.643. The van der Waals surface area contributed by atoms with Crippen molar-refractivity contribution in [3.8, 4) is 0 Å². The smallest absolute Gasteiger partial charge is 0.319 e. The molecule has 1 rings (SSSR count). The molecule has 0 unspecified atom stereocenters. The number of hydrogen-bond acceptors (Lipinski definition) is 2. The van der Waals surface area contributed by atoms with Crippen LogP contribution in [0, 0.1) is 6.92 Å². The summed E-state index contributed by atoms with van der Waals surface area (Å²) in [6.07, 6.45) is 1.95. The zero-order valence-electron chi connectivity index (χ0n) is 12.5. The van der Waals surface area contributed by atoms with Crippen LogP contribution in [-0.4, -0.2) is 42.1 Å². The number of alkyl halides is 2. The Labute approximate surface area is 118 Å². The van der Waals surface area contributed by atoms with Crippen molar-refractivity contribution in [2.24, 2.45) is 0 Å². The van der Waals surface area contributed by atoms with E-state index in [4.69, 9.17) is 0 Å². The molecule has 1 atom stereocenters. The summed E-state index contributed by atoms with van der Waals surface area (Å²) in [7, 11) is 3.89. The molecule has 114 valence electrons. The quantitative estimate of drug-likeness (QED) is 0.837. The molecule has 1 aromatic rings. The van der Waals surface area contributed by atoms with Gasteiger partial charge in [0, 0.05) is 18.3 Å². The summed E-state index contributed by atoms with van der Waals surface area (Å²) in [5.41, 5.74) is 0.384. The molecule has 0 radical (unpaired) electrons. The highest BCUT2D eigenvalue weighted by Gasteiger charge is 2.20. The molecular formula is C14H23F2N3O. The molecule has 0 bridgehead atoms. The highest BCUT2D eigenvalue weighted by atomic mass is 19.3. The topological polar surface area (TPSA) is 37.3 Å². The molecule has 0 saturated heterocycles. The fourth-order valence-electron chi connectivity index (χ4n) is 2.17. The molecule has 20 heavy (non-hydrogen) atoms. The lowest BCUT2D eigenvalue weighted by Crippen LogP contribution is -2.40. The zero-order valence-corrected chi connectivity index (χ0v) is 12.5. The molecular weight excluding hydrogens is 264 g/mol. The number of rotatable bonds is 7. The van der Waals surface area contributed by atoms with Crippen LogP contribution in [0.1, 0.15) is 42.5 Å². The lowest BCUT2D eigenvalue weighted by Gasteiger charge is -2.24. The normalized spacial score (nSPS) is 13.0. The van der Waals surface area contributed by atoms with E-state index in [1.54, 1.807) is 6.92 Å². The van der Waals surface area contributed by atoms with Crippen molar-refractivity contribution in [3.63, 3.8) is 0 Å². The van der Waals surface area contributed by atoms with Gasteiger partial charge >= 0.3 is 6.55 Å². The van der Waals surface area contributed by atoms with Crippen LogP contribution < -0.4 is 5.32 Å². The number of aryl methyl sites for hydroxylation is 1. The first-order valence-corrected chi connectivity index (χ1v) is 6.79. The minimum atomic E-state index is -2.70. The van der Waals surface area contributed by atoms with Gasteiger partial charge in [-0.15, -0.1) is 0 Å². The van der Waals surface area contributed by atoms with Crippen molar-refractivity contribution in [1.29, 1.82) is 0 Å². The third-order valence-corrected chi connectivity index (χ3v) is 3.40. The summed E-state index contributed by atoms with van der Waals surface area (Å²) < 4.78 is 26.6. The molecule has 0 spiro atoms. The molecule has 1 heterocycles. The van der Waals surface area contributed by atoms with Gasteiger partial charge in [0.15, 0.2) is 0 Å². The lowest BCUT2D eigenvalue weighted by molar-refractivity contribution is 0.0615. The SMILES string of the molecule is CCC[C@@H](CNC(=O)c1ccc(C)n1C(F)F)N(C)C. The summed E-state index contributed by atoms with van der Waals surface area (Å²) in [4.78, 5) is 14.1. The van der Waals surface area contributed by atoms with Gasteiger partial charge in [0.2, 0.25) is 0 Å². The number of nitrogens with zero attached hydrogens (tertiary/aromatic N) is 2. The van der Waals surface area contributed by atoms with Crippen molar-refractivity contribution in [2.45, 2.75) is 39.3 Å². The van der Waals surface area contributed by atoms with Crippen molar-refractivity contribution in [2.75, 3.05) is 20.6 Å². The Kier molecular flexibility index (Phi) is 6.13. The Balaban J connectivity index is 2.72. The number of nitrogens with one attached hydrogen (secondary N) is 1. The predicted molar refractivity (Wildman–Crippen MR) is 75.1 cm³/mol. The maximum Gasteiger partial charge on any atom is 0.319 e. The molecule has 6 heteroatoms. The van der Waals surface area contributed by atoms with Gasteiger partial charge < -0.3 is 10.2 Å². The first kappa shape index (κ1) is 16.6. The number of halogens is 2. The van der Waals surface area contributed by atoms with E-state index in [1.165, 1.54) is 12.1 Å². The van der Waals surface area contributed by atoms with Gasteiger partial charge in [0.05, 0.1) is 0 Å². The van der Waals surface area contributed by atoms with Crippen LogP contribution in [0.4, 0.5) is 8.78 Å². The molecule has 0 fully saturated rings. The second-order valence-corrected chi connectivity index (χ2v) is 5.12. The van der Waals surface area contributed by atoms with Crippen molar-refractivity contribution in [3.05, 3.63) is 23.5 Å². The van der Waals surface area contributed by atoms with E-state index in [1.807, 2.05) is 19.0 Å². The van der Waals surface area contributed by atoms with Crippen molar-refractivity contribution < 1.29 is 13.6 Å². The highest BCUT2D eigenvalue weighted by molar-refractivity contribution is 5.93. The first-order chi connectivity index (χ1) is 9.38. The molecule has 1 aromatic heterocycles. The number of likely N-dealkylation sites (N-methyl/N-ethyl adjacent to an activating group) is 1. The molecule has 0 saturated carbocycles. The van der Waals surface area contributed by atoms with Crippen LogP contribution in [0.15, 0.2) is 12.1 Å². The molecule has 4 nitrogen and oxygen atoms in total. The molecule has 0 aliphatic carbocycles. The minimum Gasteiger partial charge on any atom is -0.349 e. The zero-order chi connectivity index (χ0) is 15.3. The number of aromatic nitrogens is 1. The number of carbonyl (C=O) groups is 1. The average Bonchev–Trinajstić information content (AvgIpc) is 2.75. The molecule has 0 aliphatic heterocycles. The Morgan fingerprint density at radius 2 is 2.05 bits per heavy atom. The van der Waals surface area contributed by atoms with Crippen LogP contribution in [0.3, 0.4) is 0 Å². The van der Waals surface area contributed by atoms with Gasteiger partial charge in [-0.1, -0.05) is 13.3 Å². The van der Waals surface area contributed by atoms with E-state index in [0.717, 1.165) is 17.4 Å². The maximum absolute atomic E-state index is 12.9. The van der Waals surface area contributed by atoms with Gasteiger partial charge in [-0.3, -0.25) is 9.36 Å². The van der Waals surface area contributed by atoms with Gasteiger partial charge in [0.1, 0.15) is 5.69 Å². The number of carbonyl (C=O) groups excluding carboxylic acids is 1. The third-order valence-electron chi connectivity index (χ3n) is 3.40. The summed E-state index contributed by atoms with van der Waals surface area (Å²) in [6.45, 7) is 1.38. The van der Waals surface area contributed by atoms with E-state index in [2.05, 4.69) is 12.2 Å². The standard InChI is InChI=1S/C14H23F2N3O/c1-5-6-11(18(3)4)9-17-13(20)12-8-7-10(2)19(12)14(15)16/h7-8,11,14H,5-6,9H2,1-4H3,(H,17,20)/t11-/m0/s1. The maximum atomic E-state index is 12.9. The van der Waals surface area contributed by atoms with E-state index in [0.29, 0.717) is 12.2 Å². The van der Waals surface area contributed by atoms with Gasteiger partial charge in [-0.2, -0.15) is 8.78 Å². The largest absolute Gasteiger partial charge is 0.349 e. The Bertz CT molecular complexity index is 444. The van der Waals surface area contributed by atoms with E-state index in [9.17, 15) is 13.6 Å². The summed E-state index contributed by atoms with van der Waals surface area (Å²) in [5.74, 6) is -0.457. The van der Waals surface area contributed by atoms with Gasteiger partial charge in [-0.05, 0) is 39.6 Å². The van der Waals surface area contributed by atoms with Gasteiger partial charge in [0.25, 0.3) is 5.91 Å². The van der Waals surface area contributed by atoms with E-state index in [-0.39, 0.29) is 11.7 Å². The van der Waals surface area contributed by atoms with Crippen LogP contribution in [0.25, 0.3) is 0 Å². The number of hydrogen-bond donors (Lipinski definition) is 1. The fourth-order valence-corrected chi connectivity index (χ4v) is 2.17. The van der Waals surface area contributed by atoms with Crippen LogP contribution >= 0.6 is 0 Å². The first-order valence-electron chi connectivity index (χ1n) is 6.79. The second-order valence-electron chi connectivity index (χ2n) is 5.12. The van der Waals surface area contributed by atoms with Crippen LogP contribution in [0.2, 0.25) is 0 Å². The lowest BCUT2D eigenvalue weighted by atomic mass is 10.1. The monoisotopic (exact) mass is 287 g/mol. The molecule has 0 aliphatic rings. The second kappa shape index (κ2) is 7.38. The average molecular weight is 287 g/mol. The Morgan fingerprint density at radius 3 is 2.55 bits per heavy atom. The van der Waals surface area contributed by atoms with Crippen molar-refractivity contribution >= 4 is 5.91 Å². The highest BCUT2D eigenvalue weighted by Crippen LogP contribution is 2.18. The van der Waals surface area contributed by atoms with E-state index >= 15 is 0 Å². The number of amides is 1. The Hall–Kier alpha value is -1.43. The molecule has 0 aromatic carbocycles. The van der Waals surface area contributed by atoms with E-state index < -0.39 is 12.5 Å². The van der Waals surface area contributed by atoms with Crippen LogP contribution in [0.5, 0.6) is 0 Å². The predicted octanol–water partition coefficient (Wildman–Crippen LogP) is 2.65. The van der Waals surface area contributed by atoms with Crippen LogP contribution in [-0.2, 0) is 0 Å². The summed E-state index contributed by atoms with van der Waals surface area (Å²) in [5, 5.41) is 2.74. The summed E-state index contributed by atoms with van der Waals surface area (Å²) in [6, 6.07) is 3.16. The molecule has 1 N–H and O–H groups in total. The Morgan fingerprint density at radius 1 is 1.40 bits per heavy atom. The minimum absolute atomic E-state index is 0.00602. The van der Waals surface area contributed by atoms with Crippen molar-refractivity contribution in [1.82, 2.24) is 14.8 Å². The third kappa shape index (κ3) is 4.03. The molecule has 1 amide bonds.